The van der Waals surface area contributed by atoms with Crippen LogP contribution in [-0.4, -0.2) is 103 Å². The lowest BCUT2D eigenvalue weighted by Crippen LogP contribution is -2.40. The number of hydrogen-bond donors (Lipinski definition) is 1. The van der Waals surface area contributed by atoms with E-state index in [1.165, 1.54) is 7.11 Å². The van der Waals surface area contributed by atoms with Crippen LogP contribution in [0.2, 0.25) is 0 Å². The summed E-state index contributed by atoms with van der Waals surface area (Å²) < 4.78 is 22.7. The van der Waals surface area contributed by atoms with Crippen molar-refractivity contribution in [3.63, 3.8) is 0 Å². The van der Waals surface area contributed by atoms with E-state index in [0.29, 0.717) is 87.3 Å². The van der Waals surface area contributed by atoms with Gasteiger partial charge in [-0.3, -0.25) is 19.3 Å². The number of methoxy groups -OCH3 is 1. The van der Waals surface area contributed by atoms with Gasteiger partial charge in [-0.2, -0.15) is 15.0 Å². The van der Waals surface area contributed by atoms with Gasteiger partial charge in [-0.05, 0) is 47.7 Å². The van der Waals surface area contributed by atoms with Crippen molar-refractivity contribution < 1.29 is 33.3 Å². The van der Waals surface area contributed by atoms with Crippen molar-refractivity contribution >= 4 is 52.5 Å². The molecule has 0 unspecified atom stereocenters. The third-order valence-corrected chi connectivity index (χ3v) is 8.01. The fourth-order valence-electron chi connectivity index (χ4n) is 4.80. The van der Waals surface area contributed by atoms with Crippen molar-refractivity contribution in [3.8, 4) is 17.5 Å². The maximum absolute atomic E-state index is 13.0. The molecule has 3 aliphatic heterocycles. The number of amides is 3. The number of rotatable bonds is 9. The maximum Gasteiger partial charge on any atom is 0.328 e. The molecule has 0 aliphatic carbocycles. The third-order valence-electron chi connectivity index (χ3n) is 7.10. The number of aromatic nitrogens is 3. The molecule has 45 heavy (non-hydrogen) atoms. The van der Waals surface area contributed by atoms with Crippen LogP contribution >= 0.6 is 11.8 Å². The fraction of sp³-hybridized carbons (Fsp3) is 0.333. The molecule has 1 aromatic heterocycles. The van der Waals surface area contributed by atoms with E-state index in [-0.39, 0.29) is 10.9 Å². The van der Waals surface area contributed by atoms with Crippen LogP contribution in [0.5, 0.6) is 17.5 Å². The summed E-state index contributed by atoms with van der Waals surface area (Å²) in [6.45, 7) is 4.49. The molecule has 3 amide bonds. The van der Waals surface area contributed by atoms with Gasteiger partial charge < -0.3 is 34.1 Å². The van der Waals surface area contributed by atoms with E-state index in [1.54, 1.807) is 48.5 Å². The van der Waals surface area contributed by atoms with Gasteiger partial charge in [0, 0.05) is 31.9 Å². The number of para-hydroxylation sites is 1. The Kier molecular flexibility index (Phi) is 9.38. The molecular formula is C30H31N7O7S. The van der Waals surface area contributed by atoms with Crippen LogP contribution in [0.3, 0.4) is 0 Å². The van der Waals surface area contributed by atoms with Crippen LogP contribution in [0.1, 0.15) is 5.56 Å². The maximum atomic E-state index is 13.0. The van der Waals surface area contributed by atoms with Crippen LogP contribution < -0.4 is 24.6 Å². The van der Waals surface area contributed by atoms with Crippen molar-refractivity contribution in [2.75, 3.05) is 81.4 Å². The highest BCUT2D eigenvalue weighted by Gasteiger charge is 2.36. The van der Waals surface area contributed by atoms with Crippen LogP contribution in [0, 0.1) is 0 Å². The number of carbonyl (C=O) groups excluding carboxylic acids is 3. The van der Waals surface area contributed by atoms with E-state index < -0.39 is 23.6 Å². The number of ether oxygens (including phenoxy) is 4. The van der Waals surface area contributed by atoms with Crippen molar-refractivity contribution in [2.24, 2.45) is 0 Å². The van der Waals surface area contributed by atoms with Crippen molar-refractivity contribution in [1.29, 1.82) is 0 Å². The monoisotopic (exact) mass is 633 g/mol. The molecule has 0 atom stereocenters. The van der Waals surface area contributed by atoms with Gasteiger partial charge in [-0.15, -0.1) is 0 Å². The Morgan fingerprint density at radius 2 is 1.56 bits per heavy atom. The summed E-state index contributed by atoms with van der Waals surface area (Å²) in [5.41, 5.74) is 1.17. The van der Waals surface area contributed by atoms with Gasteiger partial charge in [-0.1, -0.05) is 24.3 Å². The van der Waals surface area contributed by atoms with Crippen molar-refractivity contribution in [3.05, 3.63) is 59.0 Å². The smallest absolute Gasteiger partial charge is 0.328 e. The number of nitrogens with zero attached hydrogens (tertiary/aromatic N) is 6. The fourth-order valence-corrected chi connectivity index (χ4v) is 5.64. The predicted octanol–water partition coefficient (Wildman–Crippen LogP) is 3.02. The average Bonchev–Trinajstić information content (AvgIpc) is 3.33. The molecule has 0 bridgehead atoms. The minimum atomic E-state index is -0.552. The molecule has 1 N–H and O–H groups in total. The van der Waals surface area contributed by atoms with Crippen molar-refractivity contribution in [1.82, 2.24) is 19.9 Å². The average molecular weight is 634 g/mol. The number of morpholine rings is 2. The van der Waals surface area contributed by atoms with E-state index in [1.807, 2.05) is 15.9 Å². The number of carbonyl (C=O) groups is 3. The van der Waals surface area contributed by atoms with Crippen LogP contribution in [-0.2, 0) is 19.1 Å². The Morgan fingerprint density at radius 1 is 0.911 bits per heavy atom. The largest absolute Gasteiger partial charge is 0.493 e. The number of thioether (sulfide) groups is 1. The Hall–Kier alpha value is -4.73. The second kappa shape index (κ2) is 13.9. The number of nitrogens with one attached hydrogen (secondary N) is 1. The first kappa shape index (κ1) is 30.3. The first-order valence-corrected chi connectivity index (χ1v) is 15.2. The summed E-state index contributed by atoms with van der Waals surface area (Å²) in [7, 11) is 1.50. The summed E-state index contributed by atoms with van der Waals surface area (Å²) in [5, 5.41) is 2.16. The SMILES string of the molecule is COc1cc(/C=C2\SC(=O)N(CC(=O)Nc3ccccc3)C2=O)ccc1Oc1nc(N2CCOCC2)nc(N2CCOCC2)n1. The molecule has 3 fully saturated rings. The molecule has 4 heterocycles. The topological polar surface area (TPSA) is 149 Å². The third kappa shape index (κ3) is 7.33. The highest BCUT2D eigenvalue weighted by molar-refractivity contribution is 8.18. The summed E-state index contributed by atoms with van der Waals surface area (Å²) in [6.07, 6.45) is 1.57. The molecule has 0 radical (unpaired) electrons. The minimum Gasteiger partial charge on any atom is -0.493 e. The lowest BCUT2D eigenvalue weighted by Gasteiger charge is -2.30. The Bertz CT molecular complexity index is 1560. The van der Waals surface area contributed by atoms with Gasteiger partial charge in [0.05, 0.1) is 38.4 Å². The second-order valence-electron chi connectivity index (χ2n) is 10.1. The molecule has 2 aromatic carbocycles. The van der Waals surface area contributed by atoms with Gasteiger partial charge in [-0.25, -0.2) is 0 Å². The zero-order valence-corrected chi connectivity index (χ0v) is 25.3. The Morgan fingerprint density at radius 3 is 2.18 bits per heavy atom. The Labute approximate surface area is 263 Å². The normalized spacial score (nSPS) is 18.0. The lowest BCUT2D eigenvalue weighted by molar-refractivity contribution is -0.127. The molecule has 3 aliphatic rings. The summed E-state index contributed by atoms with van der Waals surface area (Å²) in [4.78, 5) is 57.1. The molecule has 0 spiro atoms. The molecule has 0 saturated carbocycles. The van der Waals surface area contributed by atoms with E-state index in [0.717, 1.165) is 16.7 Å². The van der Waals surface area contributed by atoms with E-state index in [2.05, 4.69) is 15.3 Å². The van der Waals surface area contributed by atoms with Gasteiger partial charge >= 0.3 is 6.01 Å². The first-order chi connectivity index (χ1) is 22.0. The molecule has 14 nitrogen and oxygen atoms in total. The van der Waals surface area contributed by atoms with Gasteiger partial charge in [0.15, 0.2) is 11.5 Å². The molecular weight excluding hydrogens is 602 g/mol. The number of anilines is 3. The summed E-state index contributed by atoms with van der Waals surface area (Å²) >= 11 is 0.768. The predicted molar refractivity (Wildman–Crippen MR) is 167 cm³/mol. The molecule has 15 heteroatoms. The van der Waals surface area contributed by atoms with E-state index >= 15 is 0 Å². The van der Waals surface area contributed by atoms with E-state index in [9.17, 15) is 14.4 Å². The number of benzene rings is 2. The highest BCUT2D eigenvalue weighted by Crippen LogP contribution is 2.36. The Balaban J connectivity index is 1.19. The summed E-state index contributed by atoms with van der Waals surface area (Å²) in [6, 6.07) is 14.0. The molecule has 3 aromatic rings. The van der Waals surface area contributed by atoms with Crippen LogP contribution in [0.4, 0.5) is 22.4 Å². The number of hydrogen-bond acceptors (Lipinski definition) is 13. The zero-order valence-electron chi connectivity index (χ0n) is 24.5. The van der Waals surface area contributed by atoms with Crippen molar-refractivity contribution in [2.45, 2.75) is 0 Å². The van der Waals surface area contributed by atoms with Crippen LogP contribution in [0.25, 0.3) is 6.08 Å². The highest BCUT2D eigenvalue weighted by atomic mass is 32.2. The number of imide groups is 1. The molecule has 6 rings (SSSR count). The van der Waals surface area contributed by atoms with Crippen LogP contribution in [0.15, 0.2) is 53.4 Å². The first-order valence-electron chi connectivity index (χ1n) is 14.3. The molecule has 3 saturated heterocycles. The standard InChI is InChI=1S/C30H31N7O7S/c1-41-23-17-20(18-24-26(39)37(30(40)45-24)19-25(38)31-21-5-3-2-4-6-21)7-8-22(23)44-29-33-27(35-9-13-42-14-10-35)32-28(34-29)36-11-15-43-16-12-36/h2-8,17-18H,9-16,19H2,1H3,(H,31,38)/b24-18-. The molecule has 234 valence electrons. The van der Waals surface area contributed by atoms with E-state index in [4.69, 9.17) is 23.9 Å². The second-order valence-corrected chi connectivity index (χ2v) is 11.1. The zero-order chi connectivity index (χ0) is 31.2. The van der Waals surface area contributed by atoms with Gasteiger partial charge in [0.25, 0.3) is 11.1 Å². The summed E-state index contributed by atoms with van der Waals surface area (Å²) in [5.74, 6) is 0.685. The van der Waals surface area contributed by atoms with Gasteiger partial charge in [0.1, 0.15) is 6.54 Å². The quantitative estimate of drug-likeness (QED) is 0.345. The minimum absolute atomic E-state index is 0.105. The van der Waals surface area contributed by atoms with Gasteiger partial charge in [0.2, 0.25) is 17.8 Å². The lowest BCUT2D eigenvalue weighted by atomic mass is 10.2.